The summed E-state index contributed by atoms with van der Waals surface area (Å²) in [6.45, 7) is 5.44. The van der Waals surface area contributed by atoms with Gasteiger partial charge < -0.3 is 14.8 Å². The fraction of sp³-hybridized carbons (Fsp3) is 0.350. The number of carbonyl (C=O) groups is 3. The van der Waals surface area contributed by atoms with E-state index >= 15 is 0 Å². The number of nitrogens with one attached hydrogen (secondary N) is 1. The van der Waals surface area contributed by atoms with Crippen molar-refractivity contribution in [3.05, 3.63) is 45.3 Å². The normalized spacial score (nSPS) is 10.5. The van der Waals surface area contributed by atoms with Crippen LogP contribution in [-0.2, 0) is 14.3 Å². The van der Waals surface area contributed by atoms with Gasteiger partial charge in [-0.2, -0.15) is 0 Å². The smallest absolute Gasteiger partial charge is 0.348 e. The number of hydrogen-bond acceptors (Lipinski definition) is 7. The van der Waals surface area contributed by atoms with E-state index in [2.05, 4.69) is 5.32 Å². The van der Waals surface area contributed by atoms with Gasteiger partial charge in [-0.3, -0.25) is 4.79 Å². The van der Waals surface area contributed by atoms with Crippen LogP contribution in [0.25, 0.3) is 0 Å². The summed E-state index contributed by atoms with van der Waals surface area (Å²) in [7, 11) is 0. The maximum atomic E-state index is 12.4. The standard InChI is InChI=1S/C20H22ClNO5S2/c1-4-26-19(24)16-12(3)17(20(25)27-5-2)29-18(16)22-15(23)10-11-28-14-8-6-13(21)7-9-14/h6-9H,4-5,10-11H2,1-3H3,(H,22,23). The van der Waals surface area contributed by atoms with Gasteiger partial charge >= 0.3 is 11.9 Å². The van der Waals surface area contributed by atoms with Crippen molar-refractivity contribution in [2.75, 3.05) is 24.3 Å². The third-order valence-electron chi connectivity index (χ3n) is 3.75. The Bertz CT molecular complexity index is 880. The molecule has 0 atom stereocenters. The Morgan fingerprint density at radius 1 is 1.07 bits per heavy atom. The van der Waals surface area contributed by atoms with Crippen molar-refractivity contribution in [3.63, 3.8) is 0 Å². The summed E-state index contributed by atoms with van der Waals surface area (Å²) in [5.41, 5.74) is 0.636. The summed E-state index contributed by atoms with van der Waals surface area (Å²) in [6, 6.07) is 7.36. The fourth-order valence-corrected chi connectivity index (χ4v) is 4.51. The summed E-state index contributed by atoms with van der Waals surface area (Å²) in [6.07, 6.45) is 0.237. The van der Waals surface area contributed by atoms with Crippen molar-refractivity contribution in [3.8, 4) is 0 Å². The van der Waals surface area contributed by atoms with Crippen LogP contribution in [0.5, 0.6) is 0 Å². The number of ether oxygens (including phenoxy) is 2. The van der Waals surface area contributed by atoms with Crippen LogP contribution in [0.4, 0.5) is 5.00 Å². The average Bonchev–Trinajstić information content (AvgIpc) is 2.99. The molecule has 0 spiro atoms. The van der Waals surface area contributed by atoms with Crippen molar-refractivity contribution in [2.45, 2.75) is 32.1 Å². The van der Waals surface area contributed by atoms with E-state index in [1.165, 1.54) is 11.8 Å². The number of anilines is 1. The number of thioether (sulfide) groups is 1. The number of rotatable bonds is 9. The lowest BCUT2D eigenvalue weighted by molar-refractivity contribution is -0.115. The van der Waals surface area contributed by atoms with Gasteiger partial charge in [0.2, 0.25) is 5.91 Å². The largest absolute Gasteiger partial charge is 0.462 e. The third kappa shape index (κ3) is 6.48. The van der Waals surface area contributed by atoms with Crippen molar-refractivity contribution < 1.29 is 23.9 Å². The number of benzene rings is 1. The molecule has 0 radical (unpaired) electrons. The highest BCUT2D eigenvalue weighted by Gasteiger charge is 2.27. The first kappa shape index (κ1) is 23.3. The van der Waals surface area contributed by atoms with Gasteiger partial charge in [0.15, 0.2) is 0 Å². The van der Waals surface area contributed by atoms with Gasteiger partial charge in [-0.1, -0.05) is 11.6 Å². The lowest BCUT2D eigenvalue weighted by Gasteiger charge is -2.07. The van der Waals surface area contributed by atoms with Crippen molar-refractivity contribution in [1.82, 2.24) is 0 Å². The van der Waals surface area contributed by atoms with Crippen molar-refractivity contribution in [1.29, 1.82) is 0 Å². The molecule has 0 fully saturated rings. The predicted molar refractivity (Wildman–Crippen MR) is 116 cm³/mol. The van der Waals surface area contributed by atoms with E-state index < -0.39 is 11.9 Å². The highest BCUT2D eigenvalue weighted by molar-refractivity contribution is 7.99. The van der Waals surface area contributed by atoms with Crippen LogP contribution < -0.4 is 5.32 Å². The van der Waals surface area contributed by atoms with Gasteiger partial charge in [0.1, 0.15) is 9.88 Å². The maximum Gasteiger partial charge on any atom is 0.348 e. The molecule has 9 heteroatoms. The molecule has 0 aliphatic rings. The van der Waals surface area contributed by atoms with Gasteiger partial charge in [0.25, 0.3) is 0 Å². The van der Waals surface area contributed by atoms with Crippen LogP contribution in [0, 0.1) is 6.92 Å². The molecule has 1 aromatic heterocycles. The van der Waals surface area contributed by atoms with Crippen LogP contribution in [0.3, 0.4) is 0 Å². The fourth-order valence-electron chi connectivity index (χ4n) is 2.42. The highest BCUT2D eigenvalue weighted by atomic mass is 35.5. The van der Waals surface area contributed by atoms with E-state index in [0.717, 1.165) is 16.2 Å². The van der Waals surface area contributed by atoms with Gasteiger partial charge in [0.05, 0.1) is 18.8 Å². The van der Waals surface area contributed by atoms with Crippen LogP contribution in [0.15, 0.2) is 29.2 Å². The molecule has 0 aliphatic carbocycles. The van der Waals surface area contributed by atoms with Crippen molar-refractivity contribution >= 4 is 57.5 Å². The number of carbonyl (C=O) groups excluding carboxylic acids is 3. The number of halogens is 1. The summed E-state index contributed by atoms with van der Waals surface area (Å²) in [4.78, 5) is 38.2. The van der Waals surface area contributed by atoms with E-state index in [4.69, 9.17) is 21.1 Å². The predicted octanol–water partition coefficient (Wildman–Crippen LogP) is 5.18. The van der Waals surface area contributed by atoms with Crippen LogP contribution in [-0.4, -0.2) is 36.8 Å². The molecule has 29 heavy (non-hydrogen) atoms. The zero-order valence-electron chi connectivity index (χ0n) is 16.4. The van der Waals surface area contributed by atoms with E-state index in [0.29, 0.717) is 21.3 Å². The van der Waals surface area contributed by atoms with Gasteiger partial charge in [-0.15, -0.1) is 23.1 Å². The molecule has 2 rings (SSSR count). The van der Waals surface area contributed by atoms with E-state index in [9.17, 15) is 14.4 Å². The number of amides is 1. The lowest BCUT2D eigenvalue weighted by Crippen LogP contribution is -2.15. The molecule has 0 bridgehead atoms. The molecule has 2 aromatic rings. The van der Waals surface area contributed by atoms with Gasteiger partial charge in [0, 0.05) is 22.1 Å². The molecule has 1 amide bonds. The number of esters is 2. The lowest BCUT2D eigenvalue weighted by atomic mass is 10.1. The maximum absolute atomic E-state index is 12.4. The first-order chi connectivity index (χ1) is 13.9. The minimum atomic E-state index is -0.581. The molecule has 0 saturated carbocycles. The highest BCUT2D eigenvalue weighted by Crippen LogP contribution is 2.34. The van der Waals surface area contributed by atoms with Gasteiger partial charge in [-0.05, 0) is 50.6 Å². The average molecular weight is 456 g/mol. The number of thiophene rings is 1. The molecular formula is C20H22ClNO5S2. The summed E-state index contributed by atoms with van der Waals surface area (Å²) in [5.74, 6) is -0.812. The molecule has 0 saturated heterocycles. The Morgan fingerprint density at radius 3 is 2.31 bits per heavy atom. The Balaban J connectivity index is 2.09. The van der Waals surface area contributed by atoms with E-state index in [1.54, 1.807) is 32.9 Å². The molecule has 6 nitrogen and oxygen atoms in total. The molecule has 1 N–H and O–H groups in total. The summed E-state index contributed by atoms with van der Waals surface area (Å²) in [5, 5.41) is 3.69. The monoisotopic (exact) mass is 455 g/mol. The molecule has 1 aromatic carbocycles. The van der Waals surface area contributed by atoms with Crippen LogP contribution >= 0.6 is 34.7 Å². The molecule has 156 valence electrons. The Kier molecular flexibility index (Phi) is 9.00. The quantitative estimate of drug-likeness (QED) is 0.414. The van der Waals surface area contributed by atoms with Crippen LogP contribution in [0.2, 0.25) is 5.02 Å². The Hall–Kier alpha value is -2.03. The minimum absolute atomic E-state index is 0.188. The van der Waals surface area contributed by atoms with Crippen LogP contribution in [0.1, 0.15) is 45.9 Å². The number of hydrogen-bond donors (Lipinski definition) is 1. The second-order valence-electron chi connectivity index (χ2n) is 5.80. The summed E-state index contributed by atoms with van der Waals surface area (Å²) >= 11 is 8.41. The van der Waals surface area contributed by atoms with E-state index in [-0.39, 0.29) is 36.0 Å². The second kappa shape index (κ2) is 11.2. The zero-order chi connectivity index (χ0) is 21.4. The first-order valence-corrected chi connectivity index (χ1v) is 11.2. The molecular weight excluding hydrogens is 434 g/mol. The molecule has 1 heterocycles. The molecule has 0 unspecified atom stereocenters. The first-order valence-electron chi connectivity index (χ1n) is 9.03. The minimum Gasteiger partial charge on any atom is -0.462 e. The Labute approximate surface area is 182 Å². The SMILES string of the molecule is CCOC(=O)c1sc(NC(=O)CCSc2ccc(Cl)cc2)c(C(=O)OCC)c1C. The zero-order valence-corrected chi connectivity index (χ0v) is 18.8. The Morgan fingerprint density at radius 2 is 1.69 bits per heavy atom. The summed E-state index contributed by atoms with van der Waals surface area (Å²) < 4.78 is 10.1. The third-order valence-corrected chi connectivity index (χ3v) is 6.20. The molecule has 0 aliphatic heterocycles. The van der Waals surface area contributed by atoms with Crippen molar-refractivity contribution in [2.24, 2.45) is 0 Å². The topological polar surface area (TPSA) is 81.7 Å². The second-order valence-corrected chi connectivity index (χ2v) is 8.43. The van der Waals surface area contributed by atoms with E-state index in [1.807, 2.05) is 12.1 Å². The van der Waals surface area contributed by atoms with Gasteiger partial charge in [-0.25, -0.2) is 9.59 Å².